The van der Waals surface area contributed by atoms with E-state index in [1.807, 2.05) is 0 Å². The molecule has 0 saturated carbocycles. The molecule has 1 atom stereocenters. The number of rotatable bonds is 53. The van der Waals surface area contributed by atoms with Crippen LogP contribution in [0.1, 0.15) is 330 Å². The van der Waals surface area contributed by atoms with Crippen LogP contribution < -0.4 is 0 Å². The van der Waals surface area contributed by atoms with Gasteiger partial charge in [0.25, 0.3) is 0 Å². The minimum absolute atomic E-state index is 0.0633. The highest BCUT2D eigenvalue weighted by Gasteiger charge is 2.19. The van der Waals surface area contributed by atoms with Crippen LogP contribution in [-0.4, -0.2) is 37.2 Å². The summed E-state index contributed by atoms with van der Waals surface area (Å²) in [6.45, 7) is 13.8. The van der Waals surface area contributed by atoms with Crippen molar-refractivity contribution in [3.63, 3.8) is 0 Å². The lowest BCUT2D eigenvalue weighted by Gasteiger charge is -2.18. The van der Waals surface area contributed by atoms with Gasteiger partial charge >= 0.3 is 17.9 Å². The average molecular weight is 934 g/mol. The second-order valence-corrected chi connectivity index (χ2v) is 22.1. The van der Waals surface area contributed by atoms with Gasteiger partial charge in [0, 0.05) is 19.3 Å². The van der Waals surface area contributed by atoms with Gasteiger partial charge in [0.1, 0.15) is 13.2 Å². The first-order chi connectivity index (χ1) is 32.1. The molecule has 0 bridgehead atoms. The lowest BCUT2D eigenvalue weighted by atomic mass is 10.0. The van der Waals surface area contributed by atoms with Crippen LogP contribution >= 0.6 is 0 Å². The van der Waals surface area contributed by atoms with Crippen LogP contribution in [0.25, 0.3) is 0 Å². The van der Waals surface area contributed by atoms with E-state index in [1.54, 1.807) is 0 Å². The Morgan fingerprint density at radius 2 is 0.439 bits per heavy atom. The summed E-state index contributed by atoms with van der Waals surface area (Å²) < 4.78 is 16.9. The van der Waals surface area contributed by atoms with Crippen molar-refractivity contribution in [3.05, 3.63) is 0 Å². The highest BCUT2D eigenvalue weighted by Crippen LogP contribution is 2.19. The normalized spacial score (nSPS) is 12.1. The lowest BCUT2D eigenvalue weighted by molar-refractivity contribution is -0.167. The molecule has 0 aliphatic heterocycles. The summed E-state index contributed by atoms with van der Waals surface area (Å²) in [6.07, 6.45) is 53.8. The van der Waals surface area contributed by atoms with Gasteiger partial charge in [-0.1, -0.05) is 292 Å². The third kappa shape index (κ3) is 53.4. The largest absolute Gasteiger partial charge is 0.462 e. The van der Waals surface area contributed by atoms with Gasteiger partial charge in [-0.3, -0.25) is 14.4 Å². The van der Waals surface area contributed by atoms with Crippen LogP contribution in [0.3, 0.4) is 0 Å². The molecule has 66 heavy (non-hydrogen) atoms. The molecule has 0 aliphatic carbocycles. The predicted octanol–water partition coefficient (Wildman–Crippen LogP) is 19.5. The zero-order valence-electron chi connectivity index (χ0n) is 45.5. The second-order valence-electron chi connectivity index (χ2n) is 22.1. The van der Waals surface area contributed by atoms with E-state index >= 15 is 0 Å². The lowest BCUT2D eigenvalue weighted by Crippen LogP contribution is -2.30. The topological polar surface area (TPSA) is 78.9 Å². The van der Waals surface area contributed by atoms with Crippen LogP contribution in [0.2, 0.25) is 0 Å². The molecule has 0 rings (SSSR count). The molecule has 392 valence electrons. The Morgan fingerprint density at radius 3 is 0.652 bits per heavy atom. The molecule has 0 aromatic rings. The maximum Gasteiger partial charge on any atom is 0.306 e. The minimum Gasteiger partial charge on any atom is -0.462 e. The molecular formula is C60H116O6. The molecule has 0 aromatic heterocycles. The first-order valence-corrected chi connectivity index (χ1v) is 29.6. The maximum atomic E-state index is 12.9. The number of unbranched alkanes of at least 4 members (excludes halogenated alkanes) is 36. The van der Waals surface area contributed by atoms with E-state index in [4.69, 9.17) is 14.2 Å². The van der Waals surface area contributed by atoms with Crippen LogP contribution in [-0.2, 0) is 28.6 Å². The van der Waals surface area contributed by atoms with Crippen molar-refractivity contribution in [2.24, 2.45) is 17.8 Å². The van der Waals surface area contributed by atoms with Gasteiger partial charge in [-0.05, 0) is 37.0 Å². The van der Waals surface area contributed by atoms with Crippen LogP contribution in [0.5, 0.6) is 0 Å². The Morgan fingerprint density at radius 1 is 0.258 bits per heavy atom. The van der Waals surface area contributed by atoms with Crippen LogP contribution in [0.4, 0.5) is 0 Å². The number of ether oxygens (including phenoxy) is 3. The first-order valence-electron chi connectivity index (χ1n) is 29.6. The molecule has 0 heterocycles. The minimum atomic E-state index is -0.764. The van der Waals surface area contributed by atoms with Crippen LogP contribution in [0.15, 0.2) is 0 Å². The van der Waals surface area contributed by atoms with E-state index in [1.165, 1.54) is 212 Å². The average Bonchev–Trinajstić information content (AvgIpc) is 3.28. The zero-order valence-corrected chi connectivity index (χ0v) is 45.5. The highest BCUT2D eigenvalue weighted by atomic mass is 16.6. The van der Waals surface area contributed by atoms with Crippen molar-refractivity contribution in [2.75, 3.05) is 13.2 Å². The van der Waals surface area contributed by atoms with Gasteiger partial charge in [0.05, 0.1) is 0 Å². The number of hydrogen-bond donors (Lipinski definition) is 0. The third-order valence-corrected chi connectivity index (χ3v) is 13.6. The van der Waals surface area contributed by atoms with Crippen molar-refractivity contribution in [2.45, 2.75) is 337 Å². The summed E-state index contributed by atoms with van der Waals surface area (Å²) in [7, 11) is 0. The summed E-state index contributed by atoms with van der Waals surface area (Å²) >= 11 is 0. The Bertz CT molecular complexity index is 1020. The SMILES string of the molecule is CC(C)CCCCCCCCCCCCCCCCC(=O)OC[C@@H](COC(=O)CCCCCCCCCCCCCC(C)C)OC(=O)CCCCCCCCCCCCCCCCC(C)C. The van der Waals surface area contributed by atoms with Gasteiger partial charge in [-0.25, -0.2) is 0 Å². The van der Waals surface area contributed by atoms with Crippen molar-refractivity contribution >= 4 is 17.9 Å². The molecule has 0 N–H and O–H groups in total. The van der Waals surface area contributed by atoms with E-state index in [-0.39, 0.29) is 31.1 Å². The van der Waals surface area contributed by atoms with E-state index in [0.29, 0.717) is 19.3 Å². The molecule has 0 spiro atoms. The number of carbonyl (C=O) groups is 3. The van der Waals surface area contributed by atoms with Gasteiger partial charge in [-0.15, -0.1) is 0 Å². The number of hydrogen-bond acceptors (Lipinski definition) is 6. The number of carbonyl (C=O) groups excluding carboxylic acids is 3. The quantitative estimate of drug-likeness (QED) is 0.0343. The standard InChI is InChI=1S/C60H116O6/c1-54(2)46-40-34-28-22-16-11-7-9-13-19-25-31-37-43-49-58(61)64-52-57(53-65-59(62)50-44-38-32-26-21-15-18-24-30-36-42-48-56(5)6)66-60(63)51-45-39-33-27-20-14-10-8-12-17-23-29-35-41-47-55(3)4/h54-57H,7-53H2,1-6H3/t57-/m0/s1. The summed E-state index contributed by atoms with van der Waals surface area (Å²) in [4.78, 5) is 38.2. The third-order valence-electron chi connectivity index (χ3n) is 13.6. The Balaban J connectivity index is 4.30. The van der Waals surface area contributed by atoms with Crippen molar-refractivity contribution in [3.8, 4) is 0 Å². The summed E-state index contributed by atoms with van der Waals surface area (Å²) in [5.74, 6) is 1.67. The van der Waals surface area contributed by atoms with Gasteiger partial charge < -0.3 is 14.2 Å². The van der Waals surface area contributed by atoms with Gasteiger partial charge in [0.15, 0.2) is 6.10 Å². The van der Waals surface area contributed by atoms with Crippen molar-refractivity contribution in [1.29, 1.82) is 0 Å². The molecule has 0 aliphatic rings. The van der Waals surface area contributed by atoms with E-state index in [0.717, 1.165) is 75.5 Å². The Hall–Kier alpha value is -1.59. The highest BCUT2D eigenvalue weighted by molar-refractivity contribution is 5.71. The molecule has 0 amide bonds. The molecule has 0 saturated heterocycles. The molecule has 0 fully saturated rings. The molecule has 0 radical (unpaired) electrons. The van der Waals surface area contributed by atoms with Crippen LogP contribution in [0, 0.1) is 17.8 Å². The van der Waals surface area contributed by atoms with E-state index in [9.17, 15) is 14.4 Å². The first kappa shape index (κ1) is 64.4. The second kappa shape index (κ2) is 51.3. The van der Waals surface area contributed by atoms with Gasteiger partial charge in [-0.2, -0.15) is 0 Å². The van der Waals surface area contributed by atoms with Crippen molar-refractivity contribution < 1.29 is 28.6 Å². The molecule has 6 heteroatoms. The fraction of sp³-hybridized carbons (Fsp3) is 0.950. The number of esters is 3. The van der Waals surface area contributed by atoms with Crippen molar-refractivity contribution in [1.82, 2.24) is 0 Å². The zero-order chi connectivity index (χ0) is 48.4. The molecule has 0 unspecified atom stereocenters. The van der Waals surface area contributed by atoms with E-state index in [2.05, 4.69) is 41.5 Å². The maximum absolute atomic E-state index is 12.9. The molecule has 0 aromatic carbocycles. The smallest absolute Gasteiger partial charge is 0.306 e. The summed E-state index contributed by atoms with van der Waals surface area (Å²) in [6, 6.07) is 0. The molecule has 6 nitrogen and oxygen atoms in total. The molecular weight excluding hydrogens is 817 g/mol. The Labute approximate surface area is 412 Å². The monoisotopic (exact) mass is 933 g/mol. The fourth-order valence-electron chi connectivity index (χ4n) is 9.18. The van der Waals surface area contributed by atoms with Gasteiger partial charge in [0.2, 0.25) is 0 Å². The Kier molecular flexibility index (Phi) is 50.0. The van der Waals surface area contributed by atoms with E-state index < -0.39 is 6.10 Å². The summed E-state index contributed by atoms with van der Waals surface area (Å²) in [5, 5.41) is 0. The summed E-state index contributed by atoms with van der Waals surface area (Å²) in [5.41, 5.74) is 0. The predicted molar refractivity (Wildman–Crippen MR) is 284 cm³/mol. The fourth-order valence-corrected chi connectivity index (χ4v) is 9.18.